The number of rotatable bonds is 9. The van der Waals surface area contributed by atoms with Gasteiger partial charge >= 0.3 is 0 Å². The van der Waals surface area contributed by atoms with Gasteiger partial charge in [-0.05, 0) is 39.0 Å². The Morgan fingerprint density at radius 1 is 1.00 bits per heavy atom. The molecular formula is C12H26O2. The second-order valence-electron chi connectivity index (χ2n) is 4.20. The Morgan fingerprint density at radius 3 is 2.29 bits per heavy atom. The van der Waals surface area contributed by atoms with Gasteiger partial charge in [0.25, 0.3) is 0 Å². The van der Waals surface area contributed by atoms with E-state index in [4.69, 9.17) is 9.47 Å². The lowest BCUT2D eigenvalue weighted by atomic mass is 10.1. The van der Waals surface area contributed by atoms with Crippen LogP contribution in [0.3, 0.4) is 0 Å². The summed E-state index contributed by atoms with van der Waals surface area (Å²) in [5.74, 6) is 0.741. The van der Waals surface area contributed by atoms with Gasteiger partial charge in [0.1, 0.15) is 0 Å². The molecule has 14 heavy (non-hydrogen) atoms. The lowest BCUT2D eigenvalue weighted by molar-refractivity contribution is 0.0441. The van der Waals surface area contributed by atoms with E-state index in [0.29, 0.717) is 6.10 Å². The van der Waals surface area contributed by atoms with Crippen molar-refractivity contribution < 1.29 is 9.47 Å². The molecule has 0 fully saturated rings. The van der Waals surface area contributed by atoms with E-state index in [9.17, 15) is 0 Å². The Bertz CT molecular complexity index is 113. The molecule has 2 nitrogen and oxygen atoms in total. The lowest BCUT2D eigenvalue weighted by Crippen LogP contribution is -2.11. The fourth-order valence-electron chi connectivity index (χ4n) is 1.21. The van der Waals surface area contributed by atoms with Crippen molar-refractivity contribution in [3.05, 3.63) is 0 Å². The van der Waals surface area contributed by atoms with Crippen molar-refractivity contribution >= 4 is 0 Å². The van der Waals surface area contributed by atoms with Crippen LogP contribution in [0, 0.1) is 5.92 Å². The summed E-state index contributed by atoms with van der Waals surface area (Å²) in [6.45, 7) is 11.2. The molecule has 0 rings (SSSR count). The first-order valence-electron chi connectivity index (χ1n) is 5.86. The van der Waals surface area contributed by atoms with E-state index in [2.05, 4.69) is 20.8 Å². The first-order valence-corrected chi connectivity index (χ1v) is 5.86. The number of ether oxygens (including phenoxy) is 2. The van der Waals surface area contributed by atoms with Gasteiger partial charge in [0.05, 0.1) is 6.10 Å². The molecule has 0 saturated heterocycles. The van der Waals surface area contributed by atoms with Gasteiger partial charge in [-0.15, -0.1) is 0 Å². The van der Waals surface area contributed by atoms with Gasteiger partial charge in [0, 0.05) is 19.8 Å². The minimum absolute atomic E-state index is 0.384. The Morgan fingerprint density at radius 2 is 1.71 bits per heavy atom. The molecular weight excluding hydrogens is 176 g/mol. The molecule has 0 bridgehead atoms. The fourth-order valence-corrected chi connectivity index (χ4v) is 1.21. The highest BCUT2D eigenvalue weighted by molar-refractivity contribution is 4.51. The van der Waals surface area contributed by atoms with E-state index in [1.807, 2.05) is 6.92 Å². The first-order chi connectivity index (χ1) is 6.66. The van der Waals surface area contributed by atoms with Gasteiger partial charge in [0.15, 0.2) is 0 Å². The maximum Gasteiger partial charge on any atom is 0.0547 e. The molecule has 0 heterocycles. The van der Waals surface area contributed by atoms with Crippen molar-refractivity contribution in [1.29, 1.82) is 0 Å². The molecule has 0 radical (unpaired) electrons. The summed E-state index contributed by atoms with van der Waals surface area (Å²) in [5, 5.41) is 0. The maximum atomic E-state index is 5.68. The highest BCUT2D eigenvalue weighted by atomic mass is 16.5. The molecule has 1 atom stereocenters. The second-order valence-corrected chi connectivity index (χ2v) is 4.20. The summed E-state index contributed by atoms with van der Waals surface area (Å²) in [7, 11) is 0. The van der Waals surface area contributed by atoms with Crippen LogP contribution in [-0.4, -0.2) is 25.9 Å². The molecule has 0 aliphatic heterocycles. The molecule has 0 aromatic rings. The Labute approximate surface area is 89.0 Å². The van der Waals surface area contributed by atoms with Crippen molar-refractivity contribution in [3.63, 3.8) is 0 Å². The summed E-state index contributed by atoms with van der Waals surface area (Å²) in [6, 6.07) is 0. The third kappa shape index (κ3) is 10.0. The van der Waals surface area contributed by atoms with E-state index in [1.54, 1.807) is 0 Å². The van der Waals surface area contributed by atoms with Crippen molar-refractivity contribution in [2.75, 3.05) is 19.8 Å². The largest absolute Gasteiger partial charge is 0.382 e. The summed E-state index contributed by atoms with van der Waals surface area (Å²) in [6.07, 6.45) is 3.76. The van der Waals surface area contributed by atoms with Crippen molar-refractivity contribution in [2.24, 2.45) is 5.92 Å². The average molecular weight is 202 g/mol. The smallest absolute Gasteiger partial charge is 0.0547 e. The molecule has 86 valence electrons. The zero-order chi connectivity index (χ0) is 10.8. The van der Waals surface area contributed by atoms with Gasteiger partial charge in [-0.25, -0.2) is 0 Å². The average Bonchev–Trinajstić information content (AvgIpc) is 2.12. The van der Waals surface area contributed by atoms with Crippen LogP contribution in [0.5, 0.6) is 0 Å². The third-order valence-corrected chi connectivity index (χ3v) is 2.20. The number of hydrogen-bond donors (Lipinski definition) is 0. The lowest BCUT2D eigenvalue weighted by Gasteiger charge is -2.13. The van der Waals surface area contributed by atoms with Crippen LogP contribution >= 0.6 is 0 Å². The van der Waals surface area contributed by atoms with E-state index in [0.717, 1.165) is 45.0 Å². The summed E-state index contributed by atoms with van der Waals surface area (Å²) in [5.41, 5.74) is 0. The topological polar surface area (TPSA) is 18.5 Å². The van der Waals surface area contributed by atoms with E-state index < -0.39 is 0 Å². The minimum Gasteiger partial charge on any atom is -0.382 e. The Kier molecular flexibility index (Phi) is 9.42. The van der Waals surface area contributed by atoms with E-state index in [1.165, 1.54) is 0 Å². The summed E-state index contributed by atoms with van der Waals surface area (Å²) in [4.78, 5) is 0. The highest BCUT2D eigenvalue weighted by Gasteiger charge is 2.02. The van der Waals surface area contributed by atoms with Crippen LogP contribution in [0.4, 0.5) is 0 Å². The number of hydrogen-bond acceptors (Lipinski definition) is 2. The Balaban J connectivity index is 3.15. The van der Waals surface area contributed by atoms with Crippen LogP contribution < -0.4 is 0 Å². The molecule has 0 aromatic carbocycles. The second kappa shape index (κ2) is 9.47. The van der Waals surface area contributed by atoms with E-state index >= 15 is 0 Å². The Hall–Kier alpha value is -0.0800. The summed E-state index contributed by atoms with van der Waals surface area (Å²) >= 11 is 0. The van der Waals surface area contributed by atoms with Gasteiger partial charge in [-0.1, -0.05) is 13.8 Å². The zero-order valence-electron chi connectivity index (χ0n) is 10.2. The highest BCUT2D eigenvalue weighted by Crippen LogP contribution is 2.05. The predicted octanol–water partition coefficient (Wildman–Crippen LogP) is 3.25. The van der Waals surface area contributed by atoms with Crippen molar-refractivity contribution in [3.8, 4) is 0 Å². The zero-order valence-corrected chi connectivity index (χ0v) is 10.2. The van der Waals surface area contributed by atoms with Crippen molar-refractivity contribution in [1.82, 2.24) is 0 Å². The van der Waals surface area contributed by atoms with Gasteiger partial charge in [0.2, 0.25) is 0 Å². The molecule has 0 N–H and O–H groups in total. The quantitative estimate of drug-likeness (QED) is 0.534. The predicted molar refractivity (Wildman–Crippen MR) is 60.6 cm³/mol. The normalized spacial score (nSPS) is 13.5. The molecule has 0 aromatic heterocycles. The standard InChI is InChI=1S/C12H26O2/c1-5-13-9-6-7-12(4)14-10-8-11(2)3/h11-12H,5-10H2,1-4H3. The first kappa shape index (κ1) is 13.9. The van der Waals surface area contributed by atoms with Crippen LogP contribution in [0.15, 0.2) is 0 Å². The monoisotopic (exact) mass is 202 g/mol. The van der Waals surface area contributed by atoms with Crippen LogP contribution in [0.25, 0.3) is 0 Å². The third-order valence-electron chi connectivity index (χ3n) is 2.20. The molecule has 0 aliphatic carbocycles. The molecule has 0 spiro atoms. The molecule has 2 heteroatoms. The van der Waals surface area contributed by atoms with E-state index in [-0.39, 0.29) is 0 Å². The van der Waals surface area contributed by atoms with Crippen LogP contribution in [0.1, 0.15) is 47.0 Å². The summed E-state index contributed by atoms with van der Waals surface area (Å²) < 4.78 is 10.9. The maximum absolute atomic E-state index is 5.68. The van der Waals surface area contributed by atoms with Gasteiger partial charge in [-0.2, -0.15) is 0 Å². The molecule has 0 amide bonds. The van der Waals surface area contributed by atoms with Gasteiger partial charge in [-0.3, -0.25) is 0 Å². The van der Waals surface area contributed by atoms with Crippen molar-refractivity contribution in [2.45, 2.75) is 53.1 Å². The molecule has 0 saturated carbocycles. The minimum atomic E-state index is 0.384. The van der Waals surface area contributed by atoms with Gasteiger partial charge < -0.3 is 9.47 Å². The SMILES string of the molecule is CCOCCCC(C)OCCC(C)C. The van der Waals surface area contributed by atoms with Crippen LogP contribution in [0.2, 0.25) is 0 Å². The molecule has 1 unspecified atom stereocenters. The fraction of sp³-hybridized carbons (Fsp3) is 1.00. The van der Waals surface area contributed by atoms with Crippen LogP contribution in [-0.2, 0) is 9.47 Å². The molecule has 0 aliphatic rings.